The van der Waals surface area contributed by atoms with Gasteiger partial charge in [0.25, 0.3) is 0 Å². The van der Waals surface area contributed by atoms with Crippen LogP contribution in [0.3, 0.4) is 0 Å². The zero-order chi connectivity index (χ0) is 25.7. The molecule has 0 bridgehead atoms. The molecule has 10 heteroatoms. The largest absolute Gasteiger partial charge is 0.497 e. The van der Waals surface area contributed by atoms with Gasteiger partial charge in [0.15, 0.2) is 0 Å². The number of aliphatic hydroxyl groups is 1. The lowest BCUT2D eigenvalue weighted by Gasteiger charge is -2.32. The number of alkyl halides is 1. The fourth-order valence-corrected chi connectivity index (χ4v) is 4.85. The lowest BCUT2D eigenvalue weighted by atomic mass is 10.1. The second-order valence-electron chi connectivity index (χ2n) is 8.41. The molecule has 0 amide bonds. The highest BCUT2D eigenvalue weighted by Crippen LogP contribution is 2.33. The number of methoxy groups -OCH3 is 1. The minimum atomic E-state index is -0.686. The molecule has 1 aliphatic rings. The van der Waals surface area contributed by atoms with Crippen LogP contribution in [0, 0.1) is 0 Å². The number of aliphatic hydroxyl groups excluding tert-OH is 1. The molecule has 3 unspecified atom stereocenters. The Morgan fingerprint density at radius 3 is 2.35 bits per heavy atom. The maximum absolute atomic E-state index is 10.8. The molecule has 1 heterocycles. The molecule has 3 atom stereocenters. The number of ether oxygens (including phenoxy) is 2. The summed E-state index contributed by atoms with van der Waals surface area (Å²) in [5.74, 6) is 0.703. The second-order valence-corrected chi connectivity index (χ2v) is 10.1. The van der Waals surface area contributed by atoms with Crippen LogP contribution in [0.4, 0.5) is 0 Å². The monoisotopic (exact) mass is 646 g/mol. The molecular formula is C27H27BrCl4N2O3. The van der Waals surface area contributed by atoms with Gasteiger partial charge in [0.05, 0.1) is 26.5 Å². The highest BCUT2D eigenvalue weighted by atomic mass is 79.9. The van der Waals surface area contributed by atoms with Gasteiger partial charge in [-0.05, 0) is 53.1 Å². The van der Waals surface area contributed by atoms with Gasteiger partial charge in [-0.25, -0.2) is 0 Å². The molecule has 198 valence electrons. The zero-order valence-corrected chi connectivity index (χ0v) is 24.7. The molecule has 0 aliphatic carbocycles. The molecular weight excluding hydrogens is 622 g/mol. The van der Waals surface area contributed by atoms with E-state index in [1.165, 1.54) is 0 Å². The molecule has 0 aromatic heterocycles. The summed E-state index contributed by atoms with van der Waals surface area (Å²) in [6.07, 6.45) is 2.64. The van der Waals surface area contributed by atoms with E-state index >= 15 is 0 Å². The summed E-state index contributed by atoms with van der Waals surface area (Å²) in [5.41, 5.74) is 1.94. The Bertz CT molecular complexity index is 1200. The topological polar surface area (TPSA) is 45.2 Å². The molecule has 1 aliphatic heterocycles. The van der Waals surface area contributed by atoms with Crippen molar-refractivity contribution in [1.29, 1.82) is 0 Å². The first kappa shape index (κ1) is 29.9. The first-order chi connectivity index (χ1) is 17.3. The van der Waals surface area contributed by atoms with Crippen molar-refractivity contribution in [3.8, 4) is 5.75 Å². The van der Waals surface area contributed by atoms with Crippen LogP contribution < -0.4 is 4.74 Å². The normalized spacial score (nSPS) is 15.3. The van der Waals surface area contributed by atoms with Gasteiger partial charge in [0.1, 0.15) is 17.4 Å². The van der Waals surface area contributed by atoms with Crippen LogP contribution in [0.1, 0.15) is 28.9 Å². The molecule has 3 aromatic rings. The average molecular weight is 649 g/mol. The predicted octanol–water partition coefficient (Wildman–Crippen LogP) is 7.84. The Hall–Kier alpha value is -1.64. The minimum Gasteiger partial charge on any atom is -0.497 e. The minimum absolute atomic E-state index is 0. The van der Waals surface area contributed by atoms with Crippen LogP contribution in [0.15, 0.2) is 79.1 Å². The molecule has 0 spiro atoms. The lowest BCUT2D eigenvalue weighted by Crippen LogP contribution is -2.36. The summed E-state index contributed by atoms with van der Waals surface area (Å²) in [7, 11) is 1.60. The van der Waals surface area contributed by atoms with Gasteiger partial charge in [0, 0.05) is 34.0 Å². The highest BCUT2D eigenvalue weighted by Gasteiger charge is 2.30. The number of halogens is 5. The smallest absolute Gasteiger partial charge is 0.135 e. The first-order valence-electron chi connectivity index (χ1n) is 11.3. The summed E-state index contributed by atoms with van der Waals surface area (Å²) in [4.78, 5) is 3.96. The summed E-state index contributed by atoms with van der Waals surface area (Å²) in [6, 6.07) is 20.1. The highest BCUT2D eigenvalue weighted by molar-refractivity contribution is 8.93. The second kappa shape index (κ2) is 13.9. The number of benzene rings is 3. The average Bonchev–Trinajstić information content (AvgIpc) is 3.34. The number of nitrogens with zero attached hydrogens (tertiary/aromatic N) is 2. The summed E-state index contributed by atoms with van der Waals surface area (Å²) in [6.45, 7) is 1.14. The van der Waals surface area contributed by atoms with Gasteiger partial charge in [-0.15, -0.1) is 17.0 Å². The SMILES string of the molecule is Br.COc1cccc(C(O)CN2C=CN(C(Cl)C(OCc3ccc(Cl)cc3Cl)c3ccc(Cl)cc3)C2)c1. The summed E-state index contributed by atoms with van der Waals surface area (Å²) >= 11 is 25.5. The molecule has 3 aromatic carbocycles. The number of β-amino-alcohol motifs (C(OH)–C–C–N with tert-alkyl or cyclic N) is 1. The van der Waals surface area contributed by atoms with Crippen molar-refractivity contribution in [2.24, 2.45) is 0 Å². The van der Waals surface area contributed by atoms with Crippen molar-refractivity contribution >= 4 is 63.4 Å². The van der Waals surface area contributed by atoms with E-state index in [1.807, 2.05) is 76.8 Å². The fourth-order valence-electron chi connectivity index (χ4n) is 3.92. The molecule has 0 radical (unpaired) electrons. The molecule has 4 rings (SSSR count). The maximum atomic E-state index is 10.8. The number of hydrogen-bond acceptors (Lipinski definition) is 5. The maximum Gasteiger partial charge on any atom is 0.135 e. The van der Waals surface area contributed by atoms with E-state index in [0.29, 0.717) is 34.0 Å². The van der Waals surface area contributed by atoms with Crippen molar-refractivity contribution in [2.75, 3.05) is 20.3 Å². The summed E-state index contributed by atoms with van der Waals surface area (Å²) < 4.78 is 11.6. The third-order valence-corrected chi connectivity index (χ3v) is 7.22. The van der Waals surface area contributed by atoms with Crippen molar-refractivity contribution in [3.05, 3.63) is 111 Å². The van der Waals surface area contributed by atoms with Crippen LogP contribution in [-0.4, -0.2) is 40.7 Å². The van der Waals surface area contributed by atoms with Crippen molar-refractivity contribution in [2.45, 2.75) is 24.3 Å². The van der Waals surface area contributed by atoms with Crippen LogP contribution in [-0.2, 0) is 11.3 Å². The van der Waals surface area contributed by atoms with Crippen molar-refractivity contribution in [1.82, 2.24) is 9.80 Å². The molecule has 5 nitrogen and oxygen atoms in total. The Balaban J connectivity index is 0.00000380. The molecule has 1 N–H and O–H groups in total. The quantitative estimate of drug-likeness (QED) is 0.179. The Labute approximate surface area is 247 Å². The third kappa shape index (κ3) is 7.93. The van der Waals surface area contributed by atoms with Gasteiger partial charge in [-0.3, -0.25) is 0 Å². The zero-order valence-electron chi connectivity index (χ0n) is 19.9. The third-order valence-electron chi connectivity index (χ3n) is 5.90. The van der Waals surface area contributed by atoms with E-state index in [0.717, 1.165) is 16.7 Å². The van der Waals surface area contributed by atoms with Gasteiger partial charge < -0.3 is 24.4 Å². The Kier molecular flexibility index (Phi) is 11.3. The van der Waals surface area contributed by atoms with Gasteiger partial charge in [-0.1, -0.05) is 76.7 Å². The van der Waals surface area contributed by atoms with E-state index in [1.54, 1.807) is 19.2 Å². The van der Waals surface area contributed by atoms with Crippen LogP contribution in [0.2, 0.25) is 15.1 Å². The van der Waals surface area contributed by atoms with Crippen LogP contribution in [0.5, 0.6) is 5.75 Å². The van der Waals surface area contributed by atoms with E-state index < -0.39 is 17.7 Å². The van der Waals surface area contributed by atoms with Gasteiger partial charge in [-0.2, -0.15) is 0 Å². The van der Waals surface area contributed by atoms with E-state index in [2.05, 4.69) is 0 Å². The van der Waals surface area contributed by atoms with Gasteiger partial charge in [0.2, 0.25) is 0 Å². The molecule has 37 heavy (non-hydrogen) atoms. The van der Waals surface area contributed by atoms with Crippen LogP contribution >= 0.6 is 63.4 Å². The van der Waals surface area contributed by atoms with E-state index in [-0.39, 0.29) is 23.6 Å². The lowest BCUT2D eigenvalue weighted by molar-refractivity contribution is 0.00516. The Morgan fingerprint density at radius 2 is 1.65 bits per heavy atom. The van der Waals surface area contributed by atoms with E-state index in [9.17, 15) is 5.11 Å². The van der Waals surface area contributed by atoms with Gasteiger partial charge >= 0.3 is 0 Å². The number of rotatable bonds is 10. The molecule has 0 saturated carbocycles. The van der Waals surface area contributed by atoms with Crippen LogP contribution in [0.25, 0.3) is 0 Å². The molecule has 0 saturated heterocycles. The standard InChI is InChI=1S/C27H26Cl4N2O3.BrH/c1-35-23-4-2-3-19(13-23)25(34)15-32-11-12-33(17-32)27(31)26(18-5-8-21(28)9-6-18)36-16-20-7-10-22(29)14-24(20)30;/h2-14,25-27,34H,15-17H2,1H3;1H. The predicted molar refractivity (Wildman–Crippen MR) is 156 cm³/mol. The first-order valence-corrected chi connectivity index (χ1v) is 12.9. The molecule has 0 fully saturated rings. The fraction of sp³-hybridized carbons (Fsp3) is 0.259. The van der Waals surface area contributed by atoms with Crippen molar-refractivity contribution in [3.63, 3.8) is 0 Å². The van der Waals surface area contributed by atoms with E-state index in [4.69, 9.17) is 55.9 Å². The number of hydrogen-bond donors (Lipinski definition) is 1. The summed E-state index contributed by atoms with van der Waals surface area (Å²) in [5, 5.41) is 12.5. The van der Waals surface area contributed by atoms with Crippen molar-refractivity contribution < 1.29 is 14.6 Å². The Morgan fingerprint density at radius 1 is 0.919 bits per heavy atom.